The lowest BCUT2D eigenvalue weighted by Crippen LogP contribution is -2.06. The van der Waals surface area contributed by atoms with E-state index in [4.69, 9.17) is 23.2 Å². The molecular formula is C18H15Cl2N. The van der Waals surface area contributed by atoms with Crippen LogP contribution in [-0.2, 0) is 0 Å². The van der Waals surface area contributed by atoms with Gasteiger partial charge in [0.25, 0.3) is 0 Å². The van der Waals surface area contributed by atoms with E-state index >= 15 is 0 Å². The van der Waals surface area contributed by atoms with E-state index in [1.165, 1.54) is 16.3 Å². The number of rotatable bonds is 3. The average molecular weight is 316 g/mol. The van der Waals surface area contributed by atoms with Crippen molar-refractivity contribution in [3.05, 3.63) is 76.3 Å². The van der Waals surface area contributed by atoms with Crippen molar-refractivity contribution < 1.29 is 0 Å². The maximum Gasteiger partial charge on any atom is 0.0485 e. The molecule has 3 heteroatoms. The lowest BCUT2D eigenvalue weighted by molar-refractivity contribution is 0.887. The number of anilines is 1. The number of benzene rings is 3. The fourth-order valence-corrected chi connectivity index (χ4v) is 2.97. The van der Waals surface area contributed by atoms with Crippen molar-refractivity contribution in [2.24, 2.45) is 0 Å². The second-order valence-electron chi connectivity index (χ2n) is 5.13. The summed E-state index contributed by atoms with van der Waals surface area (Å²) < 4.78 is 0. The number of hydrogen-bond acceptors (Lipinski definition) is 1. The van der Waals surface area contributed by atoms with E-state index < -0.39 is 0 Å². The first-order chi connectivity index (χ1) is 10.1. The summed E-state index contributed by atoms with van der Waals surface area (Å²) in [7, 11) is 0. The van der Waals surface area contributed by atoms with Crippen LogP contribution in [0.15, 0.2) is 60.7 Å². The predicted octanol–water partition coefficient (Wildman–Crippen LogP) is 6.32. The normalized spacial score (nSPS) is 12.3. The number of halogens is 2. The molecule has 0 aliphatic heterocycles. The summed E-state index contributed by atoms with van der Waals surface area (Å²) in [5.41, 5.74) is 2.15. The van der Waals surface area contributed by atoms with Crippen molar-refractivity contribution in [3.8, 4) is 0 Å². The van der Waals surface area contributed by atoms with Gasteiger partial charge in [-0.05, 0) is 47.5 Å². The highest BCUT2D eigenvalue weighted by molar-refractivity contribution is 6.35. The zero-order valence-electron chi connectivity index (χ0n) is 11.6. The van der Waals surface area contributed by atoms with Gasteiger partial charge >= 0.3 is 0 Å². The average Bonchev–Trinajstić information content (AvgIpc) is 2.45. The molecule has 0 saturated carbocycles. The van der Waals surface area contributed by atoms with Crippen LogP contribution >= 0.6 is 23.2 Å². The molecule has 0 aliphatic rings. The van der Waals surface area contributed by atoms with Gasteiger partial charge in [0, 0.05) is 21.8 Å². The van der Waals surface area contributed by atoms with Crippen LogP contribution in [0, 0.1) is 0 Å². The van der Waals surface area contributed by atoms with Crippen LogP contribution in [-0.4, -0.2) is 0 Å². The lowest BCUT2D eigenvalue weighted by Gasteiger charge is -2.17. The Kier molecular flexibility index (Phi) is 4.05. The second-order valence-corrected chi connectivity index (χ2v) is 6.00. The summed E-state index contributed by atoms with van der Waals surface area (Å²) in [6.45, 7) is 2.12. The summed E-state index contributed by atoms with van der Waals surface area (Å²) in [5.74, 6) is 0. The van der Waals surface area contributed by atoms with Crippen LogP contribution in [0.3, 0.4) is 0 Å². The largest absolute Gasteiger partial charge is 0.378 e. The molecule has 1 nitrogen and oxygen atoms in total. The molecular weight excluding hydrogens is 301 g/mol. The van der Waals surface area contributed by atoms with Gasteiger partial charge in [-0.3, -0.25) is 0 Å². The number of fused-ring (bicyclic) bond motifs is 1. The quantitative estimate of drug-likeness (QED) is 0.596. The van der Waals surface area contributed by atoms with E-state index in [-0.39, 0.29) is 6.04 Å². The molecule has 0 heterocycles. The summed E-state index contributed by atoms with van der Waals surface area (Å²) >= 11 is 12.1. The monoisotopic (exact) mass is 315 g/mol. The Balaban J connectivity index is 1.87. The third kappa shape index (κ3) is 3.31. The van der Waals surface area contributed by atoms with Gasteiger partial charge in [-0.15, -0.1) is 0 Å². The molecule has 0 bridgehead atoms. The minimum Gasteiger partial charge on any atom is -0.378 e. The third-order valence-corrected chi connectivity index (χ3v) is 3.96. The van der Waals surface area contributed by atoms with Crippen molar-refractivity contribution in [2.75, 3.05) is 5.32 Å². The SMILES string of the molecule is CC(Nc1cc(Cl)cc(Cl)c1)c1ccc2ccccc2c1. The lowest BCUT2D eigenvalue weighted by atomic mass is 10.0. The van der Waals surface area contributed by atoms with E-state index in [1.54, 1.807) is 6.07 Å². The van der Waals surface area contributed by atoms with Crippen molar-refractivity contribution in [1.29, 1.82) is 0 Å². The van der Waals surface area contributed by atoms with Crippen molar-refractivity contribution in [2.45, 2.75) is 13.0 Å². The Hall–Kier alpha value is -1.70. The highest BCUT2D eigenvalue weighted by Gasteiger charge is 2.07. The van der Waals surface area contributed by atoms with Crippen LogP contribution in [0.1, 0.15) is 18.5 Å². The van der Waals surface area contributed by atoms with Crippen LogP contribution in [0.2, 0.25) is 10.0 Å². The Bertz CT molecular complexity index is 763. The van der Waals surface area contributed by atoms with Gasteiger partial charge < -0.3 is 5.32 Å². The molecule has 3 aromatic carbocycles. The first-order valence-electron chi connectivity index (χ1n) is 6.83. The van der Waals surface area contributed by atoms with Crippen LogP contribution in [0.5, 0.6) is 0 Å². The van der Waals surface area contributed by atoms with Crippen molar-refractivity contribution in [3.63, 3.8) is 0 Å². The molecule has 0 aliphatic carbocycles. The maximum absolute atomic E-state index is 6.03. The van der Waals surface area contributed by atoms with Crippen molar-refractivity contribution >= 4 is 39.7 Å². The molecule has 1 N–H and O–H groups in total. The fourth-order valence-electron chi connectivity index (χ4n) is 2.45. The standard InChI is InChI=1S/C18H15Cl2N/c1-12(21-18-10-16(19)9-17(20)11-18)14-7-6-13-4-2-3-5-15(13)8-14/h2-12,21H,1H3. The molecule has 106 valence electrons. The zero-order chi connectivity index (χ0) is 14.8. The fraction of sp³-hybridized carbons (Fsp3) is 0.111. The highest BCUT2D eigenvalue weighted by atomic mass is 35.5. The molecule has 0 radical (unpaired) electrons. The van der Waals surface area contributed by atoms with E-state index in [1.807, 2.05) is 12.1 Å². The summed E-state index contributed by atoms with van der Waals surface area (Å²) in [5, 5.41) is 7.20. The Morgan fingerprint density at radius 1 is 0.810 bits per heavy atom. The molecule has 3 aromatic rings. The minimum absolute atomic E-state index is 0.170. The minimum atomic E-state index is 0.170. The van der Waals surface area contributed by atoms with Gasteiger partial charge in [-0.25, -0.2) is 0 Å². The van der Waals surface area contributed by atoms with Gasteiger partial charge in [0.1, 0.15) is 0 Å². The molecule has 3 rings (SSSR count). The van der Waals surface area contributed by atoms with Crippen LogP contribution in [0.4, 0.5) is 5.69 Å². The van der Waals surface area contributed by atoms with Crippen molar-refractivity contribution in [1.82, 2.24) is 0 Å². The summed E-state index contributed by atoms with van der Waals surface area (Å²) in [4.78, 5) is 0. The molecule has 0 fully saturated rings. The van der Waals surface area contributed by atoms with Crippen LogP contribution < -0.4 is 5.32 Å². The third-order valence-electron chi connectivity index (χ3n) is 3.52. The smallest absolute Gasteiger partial charge is 0.0485 e. The maximum atomic E-state index is 6.03. The Morgan fingerprint density at radius 2 is 1.48 bits per heavy atom. The molecule has 0 saturated heterocycles. The Labute approximate surface area is 134 Å². The molecule has 1 atom stereocenters. The van der Waals surface area contributed by atoms with Gasteiger partial charge in [0.05, 0.1) is 0 Å². The number of nitrogens with one attached hydrogen (secondary N) is 1. The van der Waals surface area contributed by atoms with Crippen LogP contribution in [0.25, 0.3) is 10.8 Å². The number of hydrogen-bond donors (Lipinski definition) is 1. The van der Waals surface area contributed by atoms with E-state index in [9.17, 15) is 0 Å². The highest BCUT2D eigenvalue weighted by Crippen LogP contribution is 2.27. The topological polar surface area (TPSA) is 12.0 Å². The molecule has 0 amide bonds. The molecule has 0 aromatic heterocycles. The molecule has 1 unspecified atom stereocenters. The van der Waals surface area contributed by atoms with Gasteiger partial charge in [0.15, 0.2) is 0 Å². The van der Waals surface area contributed by atoms with Gasteiger partial charge in [-0.2, -0.15) is 0 Å². The first kappa shape index (κ1) is 14.2. The molecule has 21 heavy (non-hydrogen) atoms. The van der Waals surface area contributed by atoms with E-state index in [0.717, 1.165) is 5.69 Å². The van der Waals surface area contributed by atoms with E-state index in [0.29, 0.717) is 10.0 Å². The van der Waals surface area contributed by atoms with E-state index in [2.05, 4.69) is 54.7 Å². The summed E-state index contributed by atoms with van der Waals surface area (Å²) in [6, 6.07) is 20.5. The zero-order valence-corrected chi connectivity index (χ0v) is 13.1. The first-order valence-corrected chi connectivity index (χ1v) is 7.59. The predicted molar refractivity (Wildman–Crippen MR) is 92.4 cm³/mol. The molecule has 0 spiro atoms. The van der Waals surface area contributed by atoms with Gasteiger partial charge in [-0.1, -0.05) is 59.6 Å². The summed E-state index contributed by atoms with van der Waals surface area (Å²) in [6.07, 6.45) is 0. The van der Waals surface area contributed by atoms with Gasteiger partial charge in [0.2, 0.25) is 0 Å². The second kappa shape index (κ2) is 5.97. The Morgan fingerprint density at radius 3 is 2.19 bits per heavy atom.